The lowest BCUT2D eigenvalue weighted by atomic mass is 10.1. The normalized spacial score (nSPS) is 12.5. The Hall–Kier alpha value is -2.82. The molecule has 0 bridgehead atoms. The van der Waals surface area contributed by atoms with Gasteiger partial charge in [-0.25, -0.2) is 0 Å². The SMILES string of the molecule is NC(=O)COc1cccc(C(=O)Nc2ccc3c(c2)CCC3)c1. The van der Waals surface area contributed by atoms with E-state index < -0.39 is 5.91 Å². The van der Waals surface area contributed by atoms with Gasteiger partial charge in [-0.2, -0.15) is 0 Å². The molecule has 0 radical (unpaired) electrons. The Kier molecular flexibility index (Phi) is 4.28. The molecule has 118 valence electrons. The van der Waals surface area contributed by atoms with E-state index in [4.69, 9.17) is 10.5 Å². The molecule has 1 aliphatic rings. The van der Waals surface area contributed by atoms with E-state index >= 15 is 0 Å². The van der Waals surface area contributed by atoms with Gasteiger partial charge in [0.05, 0.1) is 0 Å². The zero-order valence-corrected chi connectivity index (χ0v) is 12.7. The van der Waals surface area contributed by atoms with Crippen molar-refractivity contribution in [3.8, 4) is 5.75 Å². The van der Waals surface area contributed by atoms with Crippen LogP contribution in [0.5, 0.6) is 5.75 Å². The average Bonchev–Trinajstić information content (AvgIpc) is 3.01. The standard InChI is InChI=1S/C18H18N2O3/c19-17(21)11-23-16-6-2-5-14(10-16)18(22)20-15-8-7-12-3-1-4-13(12)9-15/h2,5-10H,1,3-4,11H2,(H2,19,21)(H,20,22). The first-order chi connectivity index (χ1) is 11.1. The fraction of sp³-hybridized carbons (Fsp3) is 0.222. The van der Waals surface area contributed by atoms with Crippen molar-refractivity contribution in [2.24, 2.45) is 5.73 Å². The Bertz CT molecular complexity index is 756. The molecule has 1 aliphatic carbocycles. The minimum atomic E-state index is -0.557. The van der Waals surface area contributed by atoms with Crippen molar-refractivity contribution in [1.82, 2.24) is 0 Å². The summed E-state index contributed by atoms with van der Waals surface area (Å²) in [6.07, 6.45) is 3.35. The number of hydrogen-bond acceptors (Lipinski definition) is 3. The van der Waals surface area contributed by atoms with Gasteiger partial charge < -0.3 is 15.8 Å². The van der Waals surface area contributed by atoms with Crippen LogP contribution in [0.25, 0.3) is 0 Å². The predicted molar refractivity (Wildman–Crippen MR) is 87.6 cm³/mol. The van der Waals surface area contributed by atoms with Crippen LogP contribution in [0.3, 0.4) is 0 Å². The summed E-state index contributed by atoms with van der Waals surface area (Å²) >= 11 is 0. The Labute approximate surface area is 134 Å². The molecule has 5 nitrogen and oxygen atoms in total. The van der Waals surface area contributed by atoms with Crippen LogP contribution in [-0.2, 0) is 17.6 Å². The molecule has 0 atom stereocenters. The summed E-state index contributed by atoms with van der Waals surface area (Å²) in [4.78, 5) is 23.1. The van der Waals surface area contributed by atoms with Crippen LogP contribution < -0.4 is 15.8 Å². The molecule has 3 rings (SSSR count). The van der Waals surface area contributed by atoms with Gasteiger partial charge in [0.1, 0.15) is 5.75 Å². The van der Waals surface area contributed by atoms with E-state index in [-0.39, 0.29) is 12.5 Å². The quantitative estimate of drug-likeness (QED) is 0.889. The molecule has 0 fully saturated rings. The number of nitrogens with two attached hydrogens (primary N) is 1. The number of benzene rings is 2. The van der Waals surface area contributed by atoms with Gasteiger partial charge in [-0.1, -0.05) is 12.1 Å². The lowest BCUT2D eigenvalue weighted by Gasteiger charge is -2.09. The average molecular weight is 310 g/mol. The fourth-order valence-electron chi connectivity index (χ4n) is 2.73. The number of rotatable bonds is 5. The molecule has 2 amide bonds. The summed E-state index contributed by atoms with van der Waals surface area (Å²) in [7, 11) is 0. The molecule has 0 unspecified atom stereocenters. The van der Waals surface area contributed by atoms with Crippen molar-refractivity contribution in [1.29, 1.82) is 0 Å². The van der Waals surface area contributed by atoms with Crippen molar-refractivity contribution < 1.29 is 14.3 Å². The molecule has 5 heteroatoms. The molecule has 0 aromatic heterocycles. The number of hydrogen-bond donors (Lipinski definition) is 2. The summed E-state index contributed by atoms with van der Waals surface area (Å²) in [5.74, 6) is -0.337. The second kappa shape index (κ2) is 6.52. The number of nitrogens with one attached hydrogen (secondary N) is 1. The fourth-order valence-corrected chi connectivity index (χ4v) is 2.73. The number of carbonyl (C=O) groups is 2. The number of amides is 2. The van der Waals surface area contributed by atoms with Crippen LogP contribution in [0.1, 0.15) is 27.9 Å². The lowest BCUT2D eigenvalue weighted by molar-refractivity contribution is -0.119. The van der Waals surface area contributed by atoms with Crippen molar-refractivity contribution >= 4 is 17.5 Å². The van der Waals surface area contributed by atoms with E-state index in [9.17, 15) is 9.59 Å². The molecular weight excluding hydrogens is 292 g/mol. The second-order valence-electron chi connectivity index (χ2n) is 5.57. The van der Waals surface area contributed by atoms with E-state index in [1.165, 1.54) is 17.5 Å². The number of carbonyl (C=O) groups excluding carboxylic acids is 2. The van der Waals surface area contributed by atoms with Crippen LogP contribution in [0.4, 0.5) is 5.69 Å². The van der Waals surface area contributed by atoms with Gasteiger partial charge in [-0.05, 0) is 60.7 Å². The van der Waals surface area contributed by atoms with Crippen molar-refractivity contribution in [2.45, 2.75) is 19.3 Å². The number of aryl methyl sites for hydroxylation is 2. The maximum atomic E-state index is 12.3. The first-order valence-electron chi connectivity index (χ1n) is 7.56. The minimum Gasteiger partial charge on any atom is -0.484 e. The molecule has 0 spiro atoms. The van der Waals surface area contributed by atoms with Crippen LogP contribution >= 0.6 is 0 Å². The highest BCUT2D eigenvalue weighted by Crippen LogP contribution is 2.25. The first-order valence-corrected chi connectivity index (χ1v) is 7.56. The van der Waals surface area contributed by atoms with Crippen molar-refractivity contribution in [3.05, 3.63) is 59.2 Å². The molecule has 0 heterocycles. The van der Waals surface area contributed by atoms with E-state index in [2.05, 4.69) is 11.4 Å². The summed E-state index contributed by atoms with van der Waals surface area (Å²) in [6.45, 7) is -0.212. The number of anilines is 1. The number of ether oxygens (including phenoxy) is 1. The Morgan fingerprint density at radius 3 is 2.74 bits per heavy atom. The third-order valence-electron chi connectivity index (χ3n) is 3.83. The van der Waals surface area contributed by atoms with Gasteiger partial charge in [0.2, 0.25) is 0 Å². The summed E-state index contributed by atoms with van der Waals surface area (Å²) in [6, 6.07) is 12.7. The Morgan fingerprint density at radius 1 is 1.09 bits per heavy atom. The van der Waals surface area contributed by atoms with Gasteiger partial charge in [-0.15, -0.1) is 0 Å². The number of primary amides is 1. The summed E-state index contributed by atoms with van der Waals surface area (Å²) in [5.41, 5.74) is 8.97. The highest BCUT2D eigenvalue weighted by Gasteiger charge is 2.13. The minimum absolute atomic E-state index is 0.212. The molecule has 0 saturated carbocycles. The Morgan fingerprint density at radius 2 is 1.91 bits per heavy atom. The maximum Gasteiger partial charge on any atom is 0.255 e. The maximum absolute atomic E-state index is 12.3. The first kappa shape index (κ1) is 15.1. The van der Waals surface area contributed by atoms with Gasteiger partial charge in [0, 0.05) is 11.3 Å². The highest BCUT2D eigenvalue weighted by molar-refractivity contribution is 6.04. The third kappa shape index (κ3) is 3.69. The zero-order chi connectivity index (χ0) is 16.2. The van der Waals surface area contributed by atoms with Crippen LogP contribution in [-0.4, -0.2) is 18.4 Å². The van der Waals surface area contributed by atoms with Crippen LogP contribution in [0, 0.1) is 0 Å². The molecular formula is C18H18N2O3. The molecule has 3 N–H and O–H groups in total. The molecule has 2 aromatic carbocycles. The Balaban J connectivity index is 1.70. The van der Waals surface area contributed by atoms with E-state index in [1.807, 2.05) is 12.1 Å². The van der Waals surface area contributed by atoms with E-state index in [0.29, 0.717) is 11.3 Å². The molecule has 23 heavy (non-hydrogen) atoms. The summed E-state index contributed by atoms with van der Waals surface area (Å²) < 4.78 is 5.21. The van der Waals surface area contributed by atoms with E-state index in [1.54, 1.807) is 24.3 Å². The lowest BCUT2D eigenvalue weighted by Crippen LogP contribution is -2.20. The molecule has 2 aromatic rings. The van der Waals surface area contributed by atoms with Gasteiger partial charge >= 0.3 is 0 Å². The van der Waals surface area contributed by atoms with Crippen molar-refractivity contribution in [2.75, 3.05) is 11.9 Å². The smallest absolute Gasteiger partial charge is 0.255 e. The molecule has 0 aliphatic heterocycles. The van der Waals surface area contributed by atoms with E-state index in [0.717, 1.165) is 18.5 Å². The third-order valence-corrected chi connectivity index (χ3v) is 3.83. The van der Waals surface area contributed by atoms with Crippen LogP contribution in [0.2, 0.25) is 0 Å². The monoisotopic (exact) mass is 310 g/mol. The van der Waals surface area contributed by atoms with Crippen molar-refractivity contribution in [3.63, 3.8) is 0 Å². The molecule has 0 saturated heterocycles. The van der Waals surface area contributed by atoms with Gasteiger partial charge in [0.15, 0.2) is 6.61 Å². The summed E-state index contributed by atoms with van der Waals surface area (Å²) in [5, 5.41) is 2.89. The zero-order valence-electron chi connectivity index (χ0n) is 12.7. The highest BCUT2D eigenvalue weighted by atomic mass is 16.5. The van der Waals surface area contributed by atoms with Gasteiger partial charge in [-0.3, -0.25) is 9.59 Å². The largest absolute Gasteiger partial charge is 0.484 e. The second-order valence-corrected chi connectivity index (χ2v) is 5.57. The van der Waals surface area contributed by atoms with Gasteiger partial charge in [0.25, 0.3) is 11.8 Å². The van der Waals surface area contributed by atoms with Crippen LogP contribution in [0.15, 0.2) is 42.5 Å². The number of fused-ring (bicyclic) bond motifs is 1. The topological polar surface area (TPSA) is 81.4 Å². The predicted octanol–water partition coefficient (Wildman–Crippen LogP) is 2.29.